The highest BCUT2D eigenvalue weighted by atomic mass is 32.1. The van der Waals surface area contributed by atoms with Gasteiger partial charge in [-0.2, -0.15) is 0 Å². The average molecular weight is 382 g/mol. The van der Waals surface area contributed by atoms with Gasteiger partial charge in [0, 0.05) is 54.9 Å². The summed E-state index contributed by atoms with van der Waals surface area (Å²) in [5, 5.41) is 5.89. The molecule has 1 aromatic heterocycles. The number of thiazole rings is 1. The van der Waals surface area contributed by atoms with Crippen LogP contribution in [0.3, 0.4) is 0 Å². The van der Waals surface area contributed by atoms with Crippen LogP contribution in [0.2, 0.25) is 0 Å². The van der Waals surface area contributed by atoms with E-state index in [1.54, 1.807) is 11.3 Å². The van der Waals surface area contributed by atoms with Crippen molar-refractivity contribution in [2.24, 2.45) is 0 Å². The highest BCUT2D eigenvalue weighted by Crippen LogP contribution is 2.23. The largest absolute Gasteiger partial charge is 0.375 e. The highest BCUT2D eigenvalue weighted by Gasteiger charge is 2.20. The molecule has 3 N–H and O–H groups in total. The predicted octanol–water partition coefficient (Wildman–Crippen LogP) is 2.63. The maximum atomic E-state index is 12.5. The fourth-order valence-electron chi connectivity index (χ4n) is 3.45. The first-order chi connectivity index (χ1) is 13.2. The van der Waals surface area contributed by atoms with Crippen LogP contribution >= 0.6 is 11.3 Å². The maximum absolute atomic E-state index is 12.5. The molecule has 4 rings (SSSR count). The van der Waals surface area contributed by atoms with Crippen molar-refractivity contribution in [1.82, 2.24) is 14.8 Å². The summed E-state index contributed by atoms with van der Waals surface area (Å²) in [6.07, 6.45) is 1.85. The monoisotopic (exact) mass is 381 g/mol. The van der Waals surface area contributed by atoms with Gasteiger partial charge in [0.15, 0.2) is 5.13 Å². The number of amides is 1. The van der Waals surface area contributed by atoms with E-state index in [0.29, 0.717) is 11.7 Å². The molecule has 0 spiro atoms. The van der Waals surface area contributed by atoms with Crippen LogP contribution in [-0.4, -0.2) is 53.4 Å². The summed E-state index contributed by atoms with van der Waals surface area (Å²) in [5.74, 6) is 0.0371. The van der Waals surface area contributed by atoms with Crippen LogP contribution in [0.4, 0.5) is 10.8 Å². The third-order valence-electron chi connectivity index (χ3n) is 4.85. The van der Waals surface area contributed by atoms with Gasteiger partial charge >= 0.3 is 0 Å². The number of nitrogens with two attached hydrogens (primary N) is 1. The summed E-state index contributed by atoms with van der Waals surface area (Å²) in [5.41, 5.74) is 6.57. The Morgan fingerprint density at radius 2 is 1.81 bits per heavy atom. The minimum atomic E-state index is 0.0371. The number of nitrogens with zero attached hydrogens (tertiary/aromatic N) is 3. The van der Waals surface area contributed by atoms with Gasteiger partial charge in [0.05, 0.1) is 6.54 Å². The van der Waals surface area contributed by atoms with E-state index in [1.165, 1.54) is 4.88 Å². The first-order valence-electron chi connectivity index (χ1n) is 9.10. The molecule has 0 radical (unpaired) electrons. The summed E-state index contributed by atoms with van der Waals surface area (Å²) in [6, 6.07) is 14.1. The summed E-state index contributed by atoms with van der Waals surface area (Å²) >= 11 is 1.54. The van der Waals surface area contributed by atoms with Crippen molar-refractivity contribution in [1.29, 1.82) is 0 Å². The van der Waals surface area contributed by atoms with Gasteiger partial charge in [-0.3, -0.25) is 14.6 Å². The molecule has 3 aromatic rings. The van der Waals surface area contributed by atoms with Gasteiger partial charge in [0.25, 0.3) is 0 Å². The van der Waals surface area contributed by atoms with E-state index in [-0.39, 0.29) is 5.91 Å². The van der Waals surface area contributed by atoms with Crippen LogP contribution in [0.5, 0.6) is 0 Å². The molecule has 7 heteroatoms. The van der Waals surface area contributed by atoms with E-state index in [0.717, 1.165) is 49.2 Å². The minimum absolute atomic E-state index is 0.0371. The van der Waals surface area contributed by atoms with E-state index in [4.69, 9.17) is 5.73 Å². The van der Waals surface area contributed by atoms with E-state index in [2.05, 4.69) is 32.2 Å². The Morgan fingerprint density at radius 3 is 2.59 bits per heavy atom. The molecule has 27 heavy (non-hydrogen) atoms. The van der Waals surface area contributed by atoms with Gasteiger partial charge in [-0.1, -0.05) is 36.4 Å². The van der Waals surface area contributed by atoms with E-state index >= 15 is 0 Å². The quantitative estimate of drug-likeness (QED) is 0.711. The summed E-state index contributed by atoms with van der Waals surface area (Å²) < 4.78 is 0. The van der Waals surface area contributed by atoms with Gasteiger partial charge in [0.2, 0.25) is 5.91 Å². The van der Waals surface area contributed by atoms with Crippen molar-refractivity contribution in [2.45, 2.75) is 6.54 Å². The number of fused-ring (bicyclic) bond motifs is 1. The predicted molar refractivity (Wildman–Crippen MR) is 111 cm³/mol. The number of rotatable bonds is 5. The van der Waals surface area contributed by atoms with Crippen LogP contribution < -0.4 is 11.1 Å². The summed E-state index contributed by atoms with van der Waals surface area (Å²) in [4.78, 5) is 22.4. The molecule has 1 aliphatic heterocycles. The van der Waals surface area contributed by atoms with Crippen LogP contribution in [0.1, 0.15) is 4.88 Å². The highest BCUT2D eigenvalue weighted by molar-refractivity contribution is 7.15. The molecular formula is C20H23N5OS. The Hall–Kier alpha value is -2.48. The van der Waals surface area contributed by atoms with Crippen LogP contribution in [0, 0.1) is 0 Å². The molecule has 0 unspecified atom stereocenters. The molecule has 1 amide bonds. The Bertz CT molecular complexity index is 928. The number of hydrogen-bond acceptors (Lipinski definition) is 6. The maximum Gasteiger partial charge on any atom is 0.238 e. The SMILES string of the molecule is Nc1ncc(CN2CCN(CC(=O)Nc3cccc4ccccc34)CC2)s1. The van der Waals surface area contributed by atoms with Crippen molar-refractivity contribution in [3.05, 3.63) is 53.5 Å². The molecule has 1 aliphatic rings. The number of benzene rings is 2. The number of nitrogens with one attached hydrogen (secondary N) is 1. The van der Waals surface area contributed by atoms with E-state index in [1.807, 2.05) is 36.5 Å². The molecule has 0 saturated carbocycles. The molecule has 0 aliphatic carbocycles. The van der Waals surface area contributed by atoms with Crippen LogP contribution in [0.25, 0.3) is 10.8 Å². The average Bonchev–Trinajstić information content (AvgIpc) is 3.08. The second kappa shape index (κ2) is 8.04. The molecule has 6 nitrogen and oxygen atoms in total. The van der Waals surface area contributed by atoms with Crippen LogP contribution in [0.15, 0.2) is 48.7 Å². The van der Waals surface area contributed by atoms with Gasteiger partial charge in [0.1, 0.15) is 0 Å². The minimum Gasteiger partial charge on any atom is -0.375 e. The Balaban J connectivity index is 1.29. The lowest BCUT2D eigenvalue weighted by Gasteiger charge is -2.33. The molecule has 1 fully saturated rings. The van der Waals surface area contributed by atoms with Gasteiger partial charge in [-0.05, 0) is 11.5 Å². The van der Waals surface area contributed by atoms with Crippen molar-refractivity contribution in [3.63, 3.8) is 0 Å². The molecule has 0 bridgehead atoms. The standard InChI is InChI=1S/C20H23N5OS/c21-20-22-12-16(27-20)13-24-8-10-25(11-9-24)14-19(26)23-18-7-3-5-15-4-1-2-6-17(15)18/h1-7,12H,8-11,13-14H2,(H2,21,22)(H,23,26). The summed E-state index contributed by atoms with van der Waals surface area (Å²) in [7, 11) is 0. The van der Waals surface area contributed by atoms with E-state index < -0.39 is 0 Å². The Morgan fingerprint density at radius 1 is 1.07 bits per heavy atom. The van der Waals surface area contributed by atoms with Crippen molar-refractivity contribution >= 4 is 38.8 Å². The third kappa shape index (κ3) is 4.44. The number of carbonyl (C=O) groups is 1. The van der Waals surface area contributed by atoms with Gasteiger partial charge in [-0.25, -0.2) is 4.98 Å². The smallest absolute Gasteiger partial charge is 0.238 e. The lowest BCUT2D eigenvalue weighted by molar-refractivity contribution is -0.117. The normalized spacial score (nSPS) is 15.9. The molecule has 2 aromatic carbocycles. The van der Waals surface area contributed by atoms with Crippen molar-refractivity contribution in [3.8, 4) is 0 Å². The summed E-state index contributed by atoms with van der Waals surface area (Å²) in [6.45, 7) is 4.96. The lowest BCUT2D eigenvalue weighted by atomic mass is 10.1. The lowest BCUT2D eigenvalue weighted by Crippen LogP contribution is -2.48. The molecular weight excluding hydrogens is 358 g/mol. The number of anilines is 2. The first kappa shape index (κ1) is 17.9. The zero-order valence-corrected chi connectivity index (χ0v) is 15.9. The van der Waals surface area contributed by atoms with Crippen molar-refractivity contribution in [2.75, 3.05) is 43.8 Å². The zero-order chi connectivity index (χ0) is 18.6. The number of piperazine rings is 1. The number of carbonyl (C=O) groups excluding carboxylic acids is 1. The zero-order valence-electron chi connectivity index (χ0n) is 15.1. The molecule has 1 saturated heterocycles. The van der Waals surface area contributed by atoms with Gasteiger partial charge in [-0.15, -0.1) is 11.3 Å². The first-order valence-corrected chi connectivity index (χ1v) is 9.91. The molecule has 140 valence electrons. The number of aromatic nitrogens is 1. The Kier molecular flexibility index (Phi) is 5.33. The van der Waals surface area contributed by atoms with Crippen molar-refractivity contribution < 1.29 is 4.79 Å². The fraction of sp³-hybridized carbons (Fsp3) is 0.300. The second-order valence-corrected chi connectivity index (χ2v) is 7.94. The number of nitrogen functional groups attached to an aromatic ring is 1. The topological polar surface area (TPSA) is 74.5 Å². The number of hydrogen-bond donors (Lipinski definition) is 2. The molecule has 2 heterocycles. The third-order valence-corrected chi connectivity index (χ3v) is 5.66. The molecule has 0 atom stereocenters. The van der Waals surface area contributed by atoms with Gasteiger partial charge < -0.3 is 11.1 Å². The van der Waals surface area contributed by atoms with Crippen LogP contribution in [-0.2, 0) is 11.3 Å². The second-order valence-electron chi connectivity index (χ2n) is 6.79. The Labute approximate surface area is 162 Å². The fourth-order valence-corrected chi connectivity index (χ4v) is 4.18. The van der Waals surface area contributed by atoms with E-state index in [9.17, 15) is 4.79 Å².